The summed E-state index contributed by atoms with van der Waals surface area (Å²) in [5, 5.41) is 0. The lowest BCUT2D eigenvalue weighted by Gasteiger charge is -2.17. The molecule has 10 nitrogen and oxygen atoms in total. The van der Waals surface area contributed by atoms with E-state index in [1.54, 1.807) is 52.0 Å². The van der Waals surface area contributed by atoms with Crippen LogP contribution in [0.2, 0.25) is 0 Å². The van der Waals surface area contributed by atoms with Crippen LogP contribution >= 0.6 is 15.2 Å². The molecule has 162 valence electrons. The fourth-order valence-electron chi connectivity index (χ4n) is 1.86. The van der Waals surface area contributed by atoms with E-state index in [1.165, 1.54) is 0 Å². The van der Waals surface area contributed by atoms with Crippen molar-refractivity contribution in [1.82, 2.24) is 0 Å². The lowest BCUT2D eigenvalue weighted by Crippen LogP contribution is -2.03. The van der Waals surface area contributed by atoms with Crippen LogP contribution in [0.25, 0.3) is 0 Å². The molecule has 0 N–H and O–H groups in total. The molecule has 28 heavy (non-hydrogen) atoms. The van der Waals surface area contributed by atoms with E-state index >= 15 is 0 Å². The van der Waals surface area contributed by atoms with Crippen molar-refractivity contribution in [3.05, 3.63) is 35.4 Å². The highest BCUT2D eigenvalue weighted by atomic mass is 31.2. The number of benzene rings is 1. The Bertz CT molecular complexity index is 558. The topological polar surface area (TPSA) is 108 Å². The molecule has 1 aromatic carbocycles. The molecular weight excluding hydrogens is 414 g/mol. The molecule has 0 aliphatic heterocycles. The molecule has 0 spiro atoms. The Morgan fingerprint density at radius 3 is 1.04 bits per heavy atom. The minimum Gasteiger partial charge on any atom is -0.255 e. The normalized spacial score (nSPS) is 12.4. The lowest BCUT2D eigenvalue weighted by atomic mass is 10.2. The third-order valence-electron chi connectivity index (χ3n) is 2.91. The maximum absolute atomic E-state index is 12.6. The fraction of sp³-hybridized carbons (Fsp3) is 0.625. The molecule has 0 radical (unpaired) electrons. The van der Waals surface area contributed by atoms with Crippen LogP contribution in [-0.2, 0) is 59.7 Å². The van der Waals surface area contributed by atoms with Gasteiger partial charge in [0.2, 0.25) is 0 Å². The van der Waals surface area contributed by atoms with Crippen LogP contribution in [0.5, 0.6) is 0 Å². The first-order valence-corrected chi connectivity index (χ1v) is 12.4. The van der Waals surface area contributed by atoms with Crippen molar-refractivity contribution in [2.75, 3.05) is 26.4 Å². The van der Waals surface area contributed by atoms with Crippen molar-refractivity contribution in [3.8, 4) is 0 Å². The predicted molar refractivity (Wildman–Crippen MR) is 99.9 cm³/mol. The van der Waals surface area contributed by atoms with Gasteiger partial charge in [-0.15, -0.1) is 18.7 Å². The molecule has 0 aromatic heterocycles. The zero-order valence-corrected chi connectivity index (χ0v) is 18.3. The first-order chi connectivity index (χ1) is 13.4. The first-order valence-electron chi connectivity index (χ1n) is 8.91. The smallest absolute Gasteiger partial charge is 0.255 e. The van der Waals surface area contributed by atoms with Crippen molar-refractivity contribution < 1.29 is 47.4 Å². The van der Waals surface area contributed by atoms with E-state index < -0.39 is 15.2 Å². The second kappa shape index (κ2) is 13.6. The number of rotatable bonds is 16. The molecule has 0 saturated heterocycles. The third kappa shape index (κ3) is 9.71. The molecule has 0 fully saturated rings. The van der Waals surface area contributed by atoms with Gasteiger partial charge in [-0.1, -0.05) is 24.3 Å². The lowest BCUT2D eigenvalue weighted by molar-refractivity contribution is -0.263. The van der Waals surface area contributed by atoms with Gasteiger partial charge >= 0.3 is 15.2 Å². The Morgan fingerprint density at radius 2 is 0.821 bits per heavy atom. The van der Waals surface area contributed by atoms with Gasteiger partial charge in [0.15, 0.2) is 0 Å². The van der Waals surface area contributed by atoms with E-state index in [2.05, 4.69) is 0 Å². The Labute approximate surface area is 165 Å². The summed E-state index contributed by atoms with van der Waals surface area (Å²) in [5.74, 6) is 0. The predicted octanol–water partition coefficient (Wildman–Crippen LogP) is 4.95. The van der Waals surface area contributed by atoms with Crippen LogP contribution in [0.3, 0.4) is 0 Å². The van der Waals surface area contributed by atoms with Gasteiger partial charge in [-0.25, -0.2) is 19.6 Å². The van der Waals surface area contributed by atoms with Crippen LogP contribution in [-0.4, -0.2) is 26.4 Å². The fourth-order valence-corrected chi connectivity index (χ4v) is 4.50. The molecule has 0 atom stereocenters. The molecule has 0 saturated carbocycles. The highest BCUT2D eigenvalue weighted by molar-refractivity contribution is 7.53. The minimum atomic E-state index is -3.65. The summed E-state index contributed by atoms with van der Waals surface area (Å²) in [7, 11) is -7.30. The van der Waals surface area contributed by atoms with Gasteiger partial charge in [-0.3, -0.25) is 9.13 Å². The number of hydrogen-bond donors (Lipinski definition) is 0. The van der Waals surface area contributed by atoms with Gasteiger partial charge < -0.3 is 0 Å². The molecule has 0 amide bonds. The second-order valence-corrected chi connectivity index (χ2v) is 8.95. The van der Waals surface area contributed by atoms with E-state index in [4.69, 9.17) is 38.2 Å². The summed E-state index contributed by atoms with van der Waals surface area (Å²) in [6.45, 7) is 7.56. The van der Waals surface area contributed by atoms with Crippen LogP contribution in [0.1, 0.15) is 38.8 Å². The Morgan fingerprint density at radius 1 is 0.571 bits per heavy atom. The van der Waals surface area contributed by atoms with Crippen molar-refractivity contribution in [2.24, 2.45) is 0 Å². The van der Waals surface area contributed by atoms with Gasteiger partial charge in [0.05, 0.1) is 38.8 Å². The Hall–Kier alpha value is -0.640. The summed E-state index contributed by atoms with van der Waals surface area (Å²) in [5.41, 5.74) is 1.27. The quantitative estimate of drug-likeness (QED) is 0.198. The largest absolute Gasteiger partial charge is 0.388 e. The van der Waals surface area contributed by atoms with Crippen LogP contribution in [0.4, 0.5) is 0 Å². The van der Waals surface area contributed by atoms with Crippen LogP contribution in [0.15, 0.2) is 24.3 Å². The molecular formula is C16H28O10P2. The van der Waals surface area contributed by atoms with Gasteiger partial charge in [0, 0.05) is 0 Å². The zero-order valence-electron chi connectivity index (χ0n) is 16.5. The average Bonchev–Trinajstić information content (AvgIpc) is 2.69. The molecule has 1 aromatic rings. The highest BCUT2D eigenvalue weighted by Gasteiger charge is 2.30. The van der Waals surface area contributed by atoms with Gasteiger partial charge in [0.25, 0.3) is 0 Å². The molecule has 0 aliphatic carbocycles. The SMILES string of the molecule is CCOOP(=O)(Cc1ccc(CP(=O)(OOCC)OOCC)cc1)OOCC. The summed E-state index contributed by atoms with van der Waals surface area (Å²) in [6, 6.07) is 6.72. The van der Waals surface area contributed by atoms with Crippen molar-refractivity contribution in [3.63, 3.8) is 0 Å². The van der Waals surface area contributed by atoms with E-state index in [1.807, 2.05) is 0 Å². The maximum Gasteiger partial charge on any atom is 0.388 e. The summed E-state index contributed by atoms with van der Waals surface area (Å²) >= 11 is 0. The summed E-state index contributed by atoms with van der Waals surface area (Å²) in [6.07, 6.45) is -0.147. The molecule has 0 bridgehead atoms. The van der Waals surface area contributed by atoms with Gasteiger partial charge in [-0.2, -0.15) is 0 Å². The van der Waals surface area contributed by atoms with E-state index in [0.717, 1.165) is 0 Å². The molecule has 0 aliphatic rings. The number of hydrogen-bond acceptors (Lipinski definition) is 10. The second-order valence-electron chi connectivity index (χ2n) is 5.28. The molecule has 1 rings (SSSR count). The summed E-state index contributed by atoms with van der Waals surface area (Å²) in [4.78, 5) is 19.1. The van der Waals surface area contributed by atoms with Crippen molar-refractivity contribution >= 4 is 15.2 Å². The van der Waals surface area contributed by atoms with Gasteiger partial charge in [0.1, 0.15) is 0 Å². The Kier molecular flexibility index (Phi) is 12.3. The standard InChI is InChI=1S/C16H28O10P2/c1-5-19-23-27(17,24-20-6-2)13-15-9-11-16(12-10-15)14-28(18,25-21-7-3)26-22-8-4/h9-12H,5-8,13-14H2,1-4H3. The average molecular weight is 442 g/mol. The van der Waals surface area contributed by atoms with Crippen LogP contribution < -0.4 is 0 Å². The molecule has 0 unspecified atom stereocenters. The van der Waals surface area contributed by atoms with E-state index in [-0.39, 0.29) is 38.8 Å². The Balaban J connectivity index is 2.81. The van der Waals surface area contributed by atoms with Gasteiger partial charge in [-0.05, 0) is 38.8 Å². The first kappa shape index (κ1) is 25.4. The minimum absolute atomic E-state index is 0.0736. The van der Waals surface area contributed by atoms with Crippen LogP contribution in [0, 0.1) is 0 Å². The van der Waals surface area contributed by atoms with E-state index in [0.29, 0.717) is 11.1 Å². The van der Waals surface area contributed by atoms with Crippen molar-refractivity contribution in [1.29, 1.82) is 0 Å². The highest BCUT2D eigenvalue weighted by Crippen LogP contribution is 2.53. The third-order valence-corrected chi connectivity index (χ3v) is 5.75. The zero-order chi connectivity index (χ0) is 20.9. The molecule has 12 heteroatoms. The summed E-state index contributed by atoms with van der Waals surface area (Å²) < 4.78 is 44.8. The monoisotopic (exact) mass is 442 g/mol. The molecule has 0 heterocycles. The van der Waals surface area contributed by atoms with Crippen molar-refractivity contribution in [2.45, 2.75) is 40.0 Å². The van der Waals surface area contributed by atoms with E-state index in [9.17, 15) is 9.13 Å². The maximum atomic E-state index is 12.6.